The summed E-state index contributed by atoms with van der Waals surface area (Å²) in [5.41, 5.74) is 2.07. The van der Waals surface area contributed by atoms with Crippen molar-refractivity contribution >= 4 is 5.91 Å². The second kappa shape index (κ2) is 8.43. The lowest BCUT2D eigenvalue weighted by atomic mass is 10.0. The number of para-hydroxylation sites is 1. The highest BCUT2D eigenvalue weighted by Gasteiger charge is 2.22. The van der Waals surface area contributed by atoms with Crippen LogP contribution in [-0.2, 0) is 11.2 Å². The number of rotatable bonds is 7. The zero-order chi connectivity index (χ0) is 18.4. The zero-order valence-corrected chi connectivity index (χ0v) is 14.9. The Morgan fingerprint density at radius 3 is 2.96 bits per heavy atom. The fraction of sp³-hybridized carbons (Fsp3) is 0.286. The van der Waals surface area contributed by atoms with E-state index < -0.39 is 0 Å². The average molecular weight is 353 g/mol. The maximum absolute atomic E-state index is 12.3. The van der Waals surface area contributed by atoms with Crippen LogP contribution in [0.25, 0.3) is 0 Å². The molecule has 1 atom stereocenters. The number of hydrogen-bond acceptors (Lipinski definition) is 4. The van der Waals surface area contributed by atoms with Gasteiger partial charge in [-0.1, -0.05) is 30.3 Å². The molecule has 2 aromatic carbocycles. The van der Waals surface area contributed by atoms with Crippen LogP contribution in [0.3, 0.4) is 0 Å². The van der Waals surface area contributed by atoms with Crippen LogP contribution in [0.5, 0.6) is 17.2 Å². The number of benzene rings is 2. The first-order valence-electron chi connectivity index (χ1n) is 8.63. The first-order chi connectivity index (χ1) is 12.7. The lowest BCUT2D eigenvalue weighted by Crippen LogP contribution is -2.35. The molecule has 0 radical (unpaired) electrons. The lowest BCUT2D eigenvalue weighted by molar-refractivity contribution is -0.124. The highest BCUT2D eigenvalue weighted by atomic mass is 16.5. The number of allylic oxidation sites excluding steroid dienone is 1. The molecule has 0 aromatic heterocycles. The summed E-state index contributed by atoms with van der Waals surface area (Å²) in [5, 5.41) is 3.02. The van der Waals surface area contributed by atoms with Gasteiger partial charge in [-0.15, -0.1) is 6.58 Å². The summed E-state index contributed by atoms with van der Waals surface area (Å²) in [7, 11) is 1.58. The van der Waals surface area contributed by atoms with Gasteiger partial charge in [0.05, 0.1) is 19.8 Å². The van der Waals surface area contributed by atoms with Crippen molar-refractivity contribution in [1.29, 1.82) is 0 Å². The molecule has 26 heavy (non-hydrogen) atoms. The van der Waals surface area contributed by atoms with Gasteiger partial charge >= 0.3 is 0 Å². The largest absolute Gasteiger partial charge is 0.493 e. The summed E-state index contributed by atoms with van der Waals surface area (Å²) in [6.45, 7) is 4.24. The average Bonchev–Trinajstić information content (AvgIpc) is 2.67. The molecule has 136 valence electrons. The molecule has 2 aromatic rings. The van der Waals surface area contributed by atoms with Crippen molar-refractivity contribution in [2.45, 2.75) is 18.9 Å². The van der Waals surface area contributed by atoms with Crippen molar-refractivity contribution in [3.63, 3.8) is 0 Å². The van der Waals surface area contributed by atoms with Crippen LogP contribution in [0.15, 0.2) is 55.1 Å². The van der Waals surface area contributed by atoms with Gasteiger partial charge in [0.25, 0.3) is 5.91 Å². The van der Waals surface area contributed by atoms with E-state index in [1.165, 1.54) is 0 Å². The van der Waals surface area contributed by atoms with Gasteiger partial charge in [-0.25, -0.2) is 0 Å². The van der Waals surface area contributed by atoms with E-state index in [1.54, 1.807) is 7.11 Å². The second-order valence-corrected chi connectivity index (χ2v) is 6.06. The molecule has 0 fully saturated rings. The van der Waals surface area contributed by atoms with Crippen LogP contribution < -0.4 is 19.5 Å². The third-order valence-corrected chi connectivity index (χ3v) is 4.26. The monoisotopic (exact) mass is 353 g/mol. The van der Waals surface area contributed by atoms with Gasteiger partial charge in [0.2, 0.25) is 0 Å². The Morgan fingerprint density at radius 1 is 1.31 bits per heavy atom. The third-order valence-electron chi connectivity index (χ3n) is 4.26. The molecule has 1 heterocycles. The molecule has 0 aliphatic carbocycles. The van der Waals surface area contributed by atoms with E-state index in [4.69, 9.17) is 14.2 Å². The van der Waals surface area contributed by atoms with Gasteiger partial charge in [0.15, 0.2) is 18.1 Å². The maximum Gasteiger partial charge on any atom is 0.258 e. The molecule has 5 nitrogen and oxygen atoms in total. The molecule has 3 rings (SSSR count). The first-order valence-corrected chi connectivity index (χ1v) is 8.63. The van der Waals surface area contributed by atoms with Crippen LogP contribution in [0.2, 0.25) is 0 Å². The predicted molar refractivity (Wildman–Crippen MR) is 99.8 cm³/mol. The maximum atomic E-state index is 12.3. The SMILES string of the molecule is C=CCc1ccc(OCC(=O)N[C@H]2CCOc3ccccc32)c(OC)c1. The van der Waals surface area contributed by atoms with E-state index in [1.807, 2.05) is 48.5 Å². The standard InChI is InChI=1S/C21H23NO4/c1-3-6-15-9-10-19(20(13-15)24-2)26-14-21(23)22-17-11-12-25-18-8-5-4-7-16(17)18/h3-5,7-10,13,17H,1,6,11-12,14H2,2H3,(H,22,23)/t17-/m0/s1. The molecular weight excluding hydrogens is 330 g/mol. The highest BCUT2D eigenvalue weighted by Crippen LogP contribution is 2.32. The number of ether oxygens (including phenoxy) is 3. The number of amides is 1. The van der Waals surface area contributed by atoms with Crippen LogP contribution in [0.1, 0.15) is 23.6 Å². The summed E-state index contributed by atoms with van der Waals surface area (Å²) < 4.78 is 16.6. The summed E-state index contributed by atoms with van der Waals surface area (Å²) >= 11 is 0. The molecule has 0 saturated carbocycles. The minimum Gasteiger partial charge on any atom is -0.493 e. The Morgan fingerprint density at radius 2 is 2.15 bits per heavy atom. The van der Waals surface area contributed by atoms with E-state index in [9.17, 15) is 4.79 Å². The molecule has 0 saturated heterocycles. The number of carbonyl (C=O) groups excluding carboxylic acids is 1. The zero-order valence-electron chi connectivity index (χ0n) is 14.9. The third kappa shape index (κ3) is 4.17. The summed E-state index contributed by atoms with van der Waals surface area (Å²) in [5.74, 6) is 1.80. The van der Waals surface area contributed by atoms with Crippen molar-refractivity contribution in [3.05, 3.63) is 66.2 Å². The molecule has 5 heteroatoms. The fourth-order valence-corrected chi connectivity index (χ4v) is 3.00. The highest BCUT2D eigenvalue weighted by molar-refractivity contribution is 5.78. The van der Waals surface area contributed by atoms with E-state index >= 15 is 0 Å². The van der Waals surface area contributed by atoms with E-state index in [0.717, 1.165) is 29.7 Å². The number of nitrogens with one attached hydrogen (secondary N) is 1. The van der Waals surface area contributed by atoms with Gasteiger partial charge in [-0.3, -0.25) is 4.79 Å². The molecule has 1 aliphatic rings. The molecule has 1 N–H and O–H groups in total. The van der Waals surface area contributed by atoms with Crippen LogP contribution >= 0.6 is 0 Å². The first kappa shape index (κ1) is 17.9. The normalized spacial score (nSPS) is 15.3. The Bertz CT molecular complexity index is 787. The summed E-state index contributed by atoms with van der Waals surface area (Å²) in [4.78, 5) is 12.3. The Hall–Kier alpha value is -2.95. The van der Waals surface area contributed by atoms with Crippen molar-refractivity contribution in [1.82, 2.24) is 5.32 Å². The molecule has 1 aliphatic heterocycles. The molecule has 0 spiro atoms. The van der Waals surface area contributed by atoms with Crippen molar-refractivity contribution in [2.75, 3.05) is 20.3 Å². The van der Waals surface area contributed by atoms with Crippen molar-refractivity contribution < 1.29 is 19.0 Å². The minimum atomic E-state index is -0.177. The van der Waals surface area contributed by atoms with Crippen LogP contribution in [0, 0.1) is 0 Å². The molecule has 1 amide bonds. The van der Waals surface area contributed by atoms with Gasteiger partial charge in [-0.2, -0.15) is 0 Å². The van der Waals surface area contributed by atoms with Gasteiger partial charge in [-0.05, 0) is 30.2 Å². The van der Waals surface area contributed by atoms with Crippen molar-refractivity contribution in [3.8, 4) is 17.2 Å². The fourth-order valence-electron chi connectivity index (χ4n) is 3.00. The van der Waals surface area contributed by atoms with Gasteiger partial charge in [0.1, 0.15) is 5.75 Å². The molecule has 0 unspecified atom stereocenters. The quantitative estimate of drug-likeness (QED) is 0.775. The summed E-state index contributed by atoms with van der Waals surface area (Å²) in [6.07, 6.45) is 3.32. The number of carbonyl (C=O) groups is 1. The second-order valence-electron chi connectivity index (χ2n) is 6.06. The van der Waals surface area contributed by atoms with E-state index in [-0.39, 0.29) is 18.6 Å². The lowest BCUT2D eigenvalue weighted by Gasteiger charge is -2.26. The topological polar surface area (TPSA) is 56.8 Å². The minimum absolute atomic E-state index is 0.0621. The van der Waals surface area contributed by atoms with Crippen LogP contribution in [-0.4, -0.2) is 26.2 Å². The number of fused-ring (bicyclic) bond motifs is 1. The Kier molecular flexibility index (Phi) is 5.79. The Balaban J connectivity index is 1.61. The van der Waals surface area contributed by atoms with E-state index in [2.05, 4.69) is 11.9 Å². The van der Waals surface area contributed by atoms with Crippen molar-refractivity contribution in [2.24, 2.45) is 0 Å². The number of hydrogen-bond donors (Lipinski definition) is 1. The van der Waals surface area contributed by atoms with E-state index in [0.29, 0.717) is 18.1 Å². The number of methoxy groups -OCH3 is 1. The molecule has 0 bridgehead atoms. The summed E-state index contributed by atoms with van der Waals surface area (Å²) in [6, 6.07) is 13.3. The van der Waals surface area contributed by atoms with Gasteiger partial charge < -0.3 is 19.5 Å². The van der Waals surface area contributed by atoms with Gasteiger partial charge in [0, 0.05) is 12.0 Å². The Labute approximate surface area is 153 Å². The smallest absolute Gasteiger partial charge is 0.258 e. The predicted octanol–water partition coefficient (Wildman–Crippen LogP) is 3.44. The van der Waals surface area contributed by atoms with Crippen LogP contribution in [0.4, 0.5) is 0 Å². The molecular formula is C21H23NO4.